The van der Waals surface area contributed by atoms with E-state index >= 15 is 0 Å². The summed E-state index contributed by atoms with van der Waals surface area (Å²) in [6, 6.07) is 19.8. The average Bonchev–Trinajstić information content (AvgIpc) is 2.68. The van der Waals surface area contributed by atoms with Crippen LogP contribution < -0.4 is 0 Å². The Hall–Kier alpha value is -2.58. The number of fused-ring (bicyclic) bond motifs is 1. The lowest BCUT2D eigenvalue weighted by Gasteiger charge is -2.49. The van der Waals surface area contributed by atoms with Crippen molar-refractivity contribution in [3.05, 3.63) is 107 Å². The highest BCUT2D eigenvalue weighted by atomic mass is 16.3. The van der Waals surface area contributed by atoms with Crippen molar-refractivity contribution in [2.24, 2.45) is 11.8 Å². The summed E-state index contributed by atoms with van der Waals surface area (Å²) in [5, 5.41) is 23.0. The van der Waals surface area contributed by atoms with Crippen molar-refractivity contribution in [2.45, 2.75) is 18.4 Å². The van der Waals surface area contributed by atoms with Crippen LogP contribution in [-0.2, 0) is 5.60 Å². The van der Waals surface area contributed by atoms with Gasteiger partial charge in [-0.25, -0.2) is 0 Å². The summed E-state index contributed by atoms with van der Waals surface area (Å²) in [6.45, 7) is 1.93. The second-order valence-corrected chi connectivity index (χ2v) is 6.92. The number of hydrogen-bond acceptors (Lipinski definition) is 2. The van der Waals surface area contributed by atoms with E-state index in [1.54, 1.807) is 0 Å². The van der Waals surface area contributed by atoms with Crippen molar-refractivity contribution in [1.82, 2.24) is 0 Å². The fourth-order valence-electron chi connectivity index (χ4n) is 4.44. The molecule has 0 aliphatic heterocycles. The number of hydrogen-bond donors (Lipinski definition) is 2. The third kappa shape index (κ3) is 2.37. The molecule has 0 spiro atoms. The third-order valence-corrected chi connectivity index (χ3v) is 5.61. The van der Waals surface area contributed by atoms with Crippen LogP contribution in [0.3, 0.4) is 0 Å². The SMILES string of the molecule is CC1=C(O)C2C=CC=CC2C(O)(c2ccccc2)C1c1ccccc1. The molecule has 0 bridgehead atoms. The minimum Gasteiger partial charge on any atom is -0.512 e. The third-order valence-electron chi connectivity index (χ3n) is 5.61. The Morgan fingerprint density at radius 3 is 2.12 bits per heavy atom. The van der Waals surface area contributed by atoms with Gasteiger partial charge in [0.1, 0.15) is 5.60 Å². The molecule has 4 atom stereocenters. The summed E-state index contributed by atoms with van der Waals surface area (Å²) < 4.78 is 0. The van der Waals surface area contributed by atoms with E-state index in [1.165, 1.54) is 0 Å². The van der Waals surface area contributed by atoms with Crippen LogP contribution in [0.5, 0.6) is 0 Å². The summed E-state index contributed by atoms with van der Waals surface area (Å²) in [7, 11) is 0. The standard InChI is InChI=1S/C23H22O2/c1-16-21(17-10-4-2-5-11-17)23(25,18-12-6-3-7-13-18)20-15-9-8-14-19(20)22(16)24/h2-15,19-21,24-25H,1H3. The van der Waals surface area contributed by atoms with Gasteiger partial charge in [-0.15, -0.1) is 0 Å². The molecule has 2 aromatic carbocycles. The molecule has 2 aliphatic carbocycles. The molecule has 2 aromatic rings. The van der Waals surface area contributed by atoms with Gasteiger partial charge in [0.2, 0.25) is 0 Å². The van der Waals surface area contributed by atoms with Gasteiger partial charge in [0, 0.05) is 17.8 Å². The molecular weight excluding hydrogens is 308 g/mol. The molecule has 0 amide bonds. The maximum Gasteiger partial charge on any atom is 0.107 e. The van der Waals surface area contributed by atoms with Crippen molar-refractivity contribution in [2.75, 3.05) is 0 Å². The minimum atomic E-state index is -1.12. The molecule has 2 N–H and O–H groups in total. The number of aliphatic hydroxyl groups is 2. The molecule has 2 heteroatoms. The topological polar surface area (TPSA) is 40.5 Å². The van der Waals surface area contributed by atoms with Gasteiger partial charge in [-0.1, -0.05) is 85.0 Å². The second-order valence-electron chi connectivity index (χ2n) is 6.92. The maximum absolute atomic E-state index is 12.1. The van der Waals surface area contributed by atoms with Crippen LogP contribution in [0.25, 0.3) is 0 Å². The van der Waals surface area contributed by atoms with Gasteiger partial charge in [0.15, 0.2) is 0 Å². The molecule has 2 nitrogen and oxygen atoms in total. The van der Waals surface area contributed by atoms with E-state index in [2.05, 4.69) is 0 Å². The smallest absolute Gasteiger partial charge is 0.107 e. The van der Waals surface area contributed by atoms with Crippen LogP contribution in [0.1, 0.15) is 24.0 Å². The van der Waals surface area contributed by atoms with Gasteiger partial charge in [-0.3, -0.25) is 0 Å². The van der Waals surface area contributed by atoms with Crippen LogP contribution in [0.4, 0.5) is 0 Å². The fourth-order valence-corrected chi connectivity index (χ4v) is 4.44. The first-order valence-corrected chi connectivity index (χ1v) is 8.71. The first-order chi connectivity index (χ1) is 12.1. The van der Waals surface area contributed by atoms with E-state index in [4.69, 9.17) is 0 Å². The molecule has 25 heavy (non-hydrogen) atoms. The fraction of sp³-hybridized carbons (Fsp3) is 0.217. The van der Waals surface area contributed by atoms with Crippen LogP contribution in [0.2, 0.25) is 0 Å². The summed E-state index contributed by atoms with van der Waals surface area (Å²) in [5.74, 6) is -0.336. The van der Waals surface area contributed by atoms with Crippen molar-refractivity contribution in [3.63, 3.8) is 0 Å². The molecule has 4 unspecified atom stereocenters. The maximum atomic E-state index is 12.1. The summed E-state index contributed by atoms with van der Waals surface area (Å²) >= 11 is 0. The van der Waals surface area contributed by atoms with Crippen LogP contribution in [-0.4, -0.2) is 10.2 Å². The molecule has 0 radical (unpaired) electrons. The molecule has 126 valence electrons. The predicted molar refractivity (Wildman–Crippen MR) is 100 cm³/mol. The Morgan fingerprint density at radius 2 is 1.44 bits per heavy atom. The molecular formula is C23H22O2. The highest BCUT2D eigenvalue weighted by molar-refractivity contribution is 5.46. The Balaban J connectivity index is 1.99. The molecule has 0 fully saturated rings. The van der Waals surface area contributed by atoms with E-state index < -0.39 is 5.60 Å². The van der Waals surface area contributed by atoms with E-state index in [0.717, 1.165) is 16.7 Å². The highest BCUT2D eigenvalue weighted by Crippen LogP contribution is 2.55. The van der Waals surface area contributed by atoms with Gasteiger partial charge >= 0.3 is 0 Å². The van der Waals surface area contributed by atoms with Gasteiger partial charge < -0.3 is 10.2 Å². The van der Waals surface area contributed by atoms with E-state index in [9.17, 15) is 10.2 Å². The Kier molecular flexibility index (Phi) is 3.85. The predicted octanol–water partition coefficient (Wildman–Crippen LogP) is 4.86. The van der Waals surface area contributed by atoms with Crippen molar-refractivity contribution in [3.8, 4) is 0 Å². The number of aliphatic hydroxyl groups excluding tert-OH is 1. The van der Waals surface area contributed by atoms with Crippen LogP contribution in [0.15, 0.2) is 96.3 Å². The highest BCUT2D eigenvalue weighted by Gasteiger charge is 2.53. The quantitative estimate of drug-likeness (QED) is 0.825. The zero-order valence-corrected chi connectivity index (χ0v) is 14.2. The first-order valence-electron chi connectivity index (χ1n) is 8.71. The normalized spacial score (nSPS) is 31.0. The van der Waals surface area contributed by atoms with Gasteiger partial charge in [0.05, 0.1) is 5.76 Å². The monoisotopic (exact) mass is 330 g/mol. The Labute approximate surface area is 148 Å². The van der Waals surface area contributed by atoms with Crippen molar-refractivity contribution in [1.29, 1.82) is 0 Å². The number of allylic oxidation sites excluding steroid dienone is 3. The number of benzene rings is 2. The van der Waals surface area contributed by atoms with Gasteiger partial charge in [-0.05, 0) is 23.6 Å². The van der Waals surface area contributed by atoms with E-state index in [0.29, 0.717) is 5.76 Å². The van der Waals surface area contributed by atoms with Gasteiger partial charge in [0.25, 0.3) is 0 Å². The minimum absolute atomic E-state index is 0.199. The lowest BCUT2D eigenvalue weighted by Crippen LogP contribution is -2.48. The Morgan fingerprint density at radius 1 is 0.840 bits per heavy atom. The molecule has 2 aliphatic rings. The summed E-state index contributed by atoms with van der Waals surface area (Å²) in [4.78, 5) is 0. The molecule has 0 saturated heterocycles. The zero-order valence-electron chi connectivity index (χ0n) is 14.2. The zero-order chi connectivity index (χ0) is 17.4. The molecule has 0 heterocycles. The largest absolute Gasteiger partial charge is 0.512 e. The van der Waals surface area contributed by atoms with Crippen molar-refractivity contribution < 1.29 is 10.2 Å². The Bertz CT molecular complexity index is 848. The lowest BCUT2D eigenvalue weighted by atomic mass is 9.58. The first kappa shape index (κ1) is 15.9. The van der Waals surface area contributed by atoms with Crippen LogP contribution in [0, 0.1) is 11.8 Å². The van der Waals surface area contributed by atoms with E-state index in [1.807, 2.05) is 91.9 Å². The van der Waals surface area contributed by atoms with Gasteiger partial charge in [-0.2, -0.15) is 0 Å². The average molecular weight is 330 g/mol. The second kappa shape index (κ2) is 6.05. The number of rotatable bonds is 2. The van der Waals surface area contributed by atoms with Crippen LogP contribution >= 0.6 is 0 Å². The molecule has 0 saturated carbocycles. The molecule has 4 rings (SSSR count). The van der Waals surface area contributed by atoms with E-state index in [-0.39, 0.29) is 17.8 Å². The lowest BCUT2D eigenvalue weighted by molar-refractivity contribution is -0.0491. The molecule has 0 aromatic heterocycles. The van der Waals surface area contributed by atoms with Crippen molar-refractivity contribution >= 4 is 0 Å². The summed E-state index contributed by atoms with van der Waals surface area (Å²) in [5.41, 5.74) is 1.61. The summed E-state index contributed by atoms with van der Waals surface area (Å²) in [6.07, 6.45) is 7.92.